The monoisotopic (exact) mass is 252 g/mol. The zero-order valence-electron chi connectivity index (χ0n) is 11.0. The number of nitrogens with one attached hydrogen (secondary N) is 1. The highest BCUT2D eigenvalue weighted by molar-refractivity contribution is 4.90. The Morgan fingerprint density at radius 1 is 1.35 bits per heavy atom. The molecule has 0 aromatic heterocycles. The number of nitrogens with zero attached hydrogens (tertiary/aromatic N) is 1. The van der Waals surface area contributed by atoms with Crippen molar-refractivity contribution in [2.24, 2.45) is 5.92 Å². The van der Waals surface area contributed by atoms with Gasteiger partial charge in [-0.05, 0) is 33.2 Å². The van der Waals surface area contributed by atoms with Crippen LogP contribution in [0.3, 0.4) is 0 Å². The molecule has 1 aliphatic heterocycles. The molecule has 1 heterocycles. The van der Waals surface area contributed by atoms with E-state index < -0.39 is 18.6 Å². The van der Waals surface area contributed by atoms with Gasteiger partial charge in [-0.15, -0.1) is 0 Å². The molecule has 0 aliphatic carbocycles. The molecule has 0 aromatic carbocycles. The van der Waals surface area contributed by atoms with Crippen molar-refractivity contribution in [3.63, 3.8) is 0 Å². The predicted octanol–water partition coefficient (Wildman–Crippen LogP) is 2.65. The number of hydrogen-bond acceptors (Lipinski definition) is 2. The Hall–Kier alpha value is -0.290. The highest BCUT2D eigenvalue weighted by Crippen LogP contribution is 2.30. The van der Waals surface area contributed by atoms with Gasteiger partial charge in [0.05, 0.1) is 6.42 Å². The number of likely N-dealkylation sites (tertiary alicyclic amines) is 1. The maximum atomic E-state index is 12.4. The summed E-state index contributed by atoms with van der Waals surface area (Å²) in [5, 5.41) is 3.24. The van der Waals surface area contributed by atoms with Gasteiger partial charge in [0.2, 0.25) is 0 Å². The first-order chi connectivity index (χ1) is 7.76. The molecule has 17 heavy (non-hydrogen) atoms. The van der Waals surface area contributed by atoms with Gasteiger partial charge in [-0.2, -0.15) is 13.2 Å². The van der Waals surface area contributed by atoms with Crippen LogP contribution in [-0.4, -0.2) is 42.8 Å². The Bertz CT molecular complexity index is 242. The van der Waals surface area contributed by atoms with Crippen LogP contribution in [0.4, 0.5) is 13.2 Å². The standard InChI is InChI=1S/C12H23F3N2/c1-8(7-12(13,14)15)17-6-5-11(16-4)9(2)10(17)3/h8-11,16H,5-7H2,1-4H3. The van der Waals surface area contributed by atoms with E-state index in [0.717, 1.165) is 13.0 Å². The van der Waals surface area contributed by atoms with Crippen LogP contribution in [0.1, 0.15) is 33.6 Å². The highest BCUT2D eigenvalue weighted by atomic mass is 19.4. The summed E-state index contributed by atoms with van der Waals surface area (Å²) in [5.74, 6) is 0.379. The van der Waals surface area contributed by atoms with E-state index in [1.807, 2.05) is 18.9 Å². The van der Waals surface area contributed by atoms with Gasteiger partial charge in [0.1, 0.15) is 0 Å². The summed E-state index contributed by atoms with van der Waals surface area (Å²) in [7, 11) is 1.92. The van der Waals surface area contributed by atoms with Gasteiger partial charge in [0, 0.05) is 24.7 Å². The quantitative estimate of drug-likeness (QED) is 0.830. The third-order valence-electron chi connectivity index (χ3n) is 4.08. The van der Waals surface area contributed by atoms with Gasteiger partial charge < -0.3 is 5.32 Å². The second kappa shape index (κ2) is 5.57. The molecule has 0 spiro atoms. The zero-order chi connectivity index (χ0) is 13.2. The fourth-order valence-electron chi connectivity index (χ4n) is 2.87. The lowest BCUT2D eigenvalue weighted by atomic mass is 9.86. The minimum atomic E-state index is -4.07. The van der Waals surface area contributed by atoms with E-state index in [-0.39, 0.29) is 6.04 Å². The average Bonchev–Trinajstić information content (AvgIpc) is 2.19. The second-order valence-corrected chi connectivity index (χ2v) is 5.19. The lowest BCUT2D eigenvalue weighted by Crippen LogP contribution is -2.55. The lowest BCUT2D eigenvalue weighted by molar-refractivity contribution is -0.150. The van der Waals surface area contributed by atoms with Crippen LogP contribution >= 0.6 is 0 Å². The van der Waals surface area contributed by atoms with Crippen LogP contribution in [0.5, 0.6) is 0 Å². The molecule has 1 rings (SSSR count). The van der Waals surface area contributed by atoms with E-state index in [1.165, 1.54) is 0 Å². The van der Waals surface area contributed by atoms with Gasteiger partial charge in [-0.25, -0.2) is 0 Å². The molecule has 102 valence electrons. The molecular formula is C12H23F3N2. The maximum absolute atomic E-state index is 12.4. The van der Waals surface area contributed by atoms with Gasteiger partial charge in [0.15, 0.2) is 0 Å². The molecule has 1 aliphatic rings. The smallest absolute Gasteiger partial charge is 0.317 e. The summed E-state index contributed by atoms with van der Waals surface area (Å²) in [6.45, 7) is 6.56. The second-order valence-electron chi connectivity index (χ2n) is 5.19. The molecule has 4 unspecified atom stereocenters. The third-order valence-corrected chi connectivity index (χ3v) is 4.08. The number of piperidine rings is 1. The Morgan fingerprint density at radius 2 is 1.94 bits per heavy atom. The van der Waals surface area contributed by atoms with E-state index in [0.29, 0.717) is 12.0 Å². The normalized spacial score (nSPS) is 33.7. The van der Waals surface area contributed by atoms with E-state index in [1.54, 1.807) is 6.92 Å². The Morgan fingerprint density at radius 3 is 2.41 bits per heavy atom. The van der Waals surface area contributed by atoms with Crippen molar-refractivity contribution < 1.29 is 13.2 Å². The Balaban J connectivity index is 2.61. The molecule has 0 amide bonds. The first-order valence-corrected chi connectivity index (χ1v) is 6.26. The fourth-order valence-corrected chi connectivity index (χ4v) is 2.87. The fraction of sp³-hybridized carbons (Fsp3) is 1.00. The van der Waals surface area contributed by atoms with Crippen LogP contribution < -0.4 is 5.32 Å². The summed E-state index contributed by atoms with van der Waals surface area (Å²) in [4.78, 5) is 1.99. The Labute approximate surface area is 102 Å². The van der Waals surface area contributed by atoms with Crippen molar-refractivity contribution in [2.45, 2.75) is 57.9 Å². The molecule has 5 heteroatoms. The van der Waals surface area contributed by atoms with Crippen LogP contribution in [0.25, 0.3) is 0 Å². The molecule has 4 atom stereocenters. The molecule has 1 saturated heterocycles. The highest BCUT2D eigenvalue weighted by Gasteiger charge is 2.38. The summed E-state index contributed by atoms with van der Waals surface area (Å²) >= 11 is 0. The number of hydrogen-bond donors (Lipinski definition) is 1. The van der Waals surface area contributed by atoms with Crippen molar-refractivity contribution in [1.29, 1.82) is 0 Å². The summed E-state index contributed by atoms with van der Waals surface area (Å²) in [5.41, 5.74) is 0. The van der Waals surface area contributed by atoms with Gasteiger partial charge in [-0.3, -0.25) is 4.90 Å². The maximum Gasteiger partial charge on any atom is 0.390 e. The van der Waals surface area contributed by atoms with E-state index in [9.17, 15) is 13.2 Å². The van der Waals surface area contributed by atoms with Crippen LogP contribution in [0.15, 0.2) is 0 Å². The summed E-state index contributed by atoms with van der Waals surface area (Å²) in [6.07, 6.45) is -3.86. The van der Waals surface area contributed by atoms with E-state index >= 15 is 0 Å². The first kappa shape index (κ1) is 14.8. The molecule has 0 saturated carbocycles. The van der Waals surface area contributed by atoms with Crippen molar-refractivity contribution >= 4 is 0 Å². The molecule has 1 fully saturated rings. The van der Waals surface area contributed by atoms with E-state index in [4.69, 9.17) is 0 Å². The minimum absolute atomic E-state index is 0.193. The third kappa shape index (κ3) is 3.85. The number of alkyl halides is 3. The molecule has 0 bridgehead atoms. The summed E-state index contributed by atoms with van der Waals surface area (Å²) < 4.78 is 37.2. The van der Waals surface area contributed by atoms with Crippen LogP contribution in [-0.2, 0) is 0 Å². The van der Waals surface area contributed by atoms with Crippen molar-refractivity contribution in [3.8, 4) is 0 Å². The lowest BCUT2D eigenvalue weighted by Gasteiger charge is -2.45. The largest absolute Gasteiger partial charge is 0.390 e. The van der Waals surface area contributed by atoms with Crippen molar-refractivity contribution in [2.75, 3.05) is 13.6 Å². The first-order valence-electron chi connectivity index (χ1n) is 6.26. The average molecular weight is 252 g/mol. The zero-order valence-corrected chi connectivity index (χ0v) is 11.0. The molecule has 0 radical (unpaired) electrons. The number of rotatable bonds is 3. The minimum Gasteiger partial charge on any atom is -0.317 e. The summed E-state index contributed by atoms with van der Waals surface area (Å²) in [6, 6.07) is 0.183. The molecular weight excluding hydrogens is 229 g/mol. The van der Waals surface area contributed by atoms with Crippen molar-refractivity contribution in [1.82, 2.24) is 10.2 Å². The van der Waals surface area contributed by atoms with Crippen LogP contribution in [0.2, 0.25) is 0 Å². The van der Waals surface area contributed by atoms with Gasteiger partial charge in [0.25, 0.3) is 0 Å². The molecule has 0 aromatic rings. The number of halogens is 3. The van der Waals surface area contributed by atoms with Gasteiger partial charge in [-0.1, -0.05) is 6.92 Å². The SMILES string of the molecule is CNC1CCN(C(C)CC(F)(F)F)C(C)C1C. The van der Waals surface area contributed by atoms with Gasteiger partial charge >= 0.3 is 6.18 Å². The molecule has 1 N–H and O–H groups in total. The van der Waals surface area contributed by atoms with Crippen LogP contribution in [0, 0.1) is 5.92 Å². The molecule has 2 nitrogen and oxygen atoms in total. The predicted molar refractivity (Wildman–Crippen MR) is 62.9 cm³/mol. The van der Waals surface area contributed by atoms with Crippen molar-refractivity contribution in [3.05, 3.63) is 0 Å². The topological polar surface area (TPSA) is 15.3 Å². The Kier molecular flexibility index (Phi) is 4.84. The van der Waals surface area contributed by atoms with E-state index in [2.05, 4.69) is 12.2 Å².